The van der Waals surface area contributed by atoms with Crippen LogP contribution in [-0.2, 0) is 25.5 Å². The van der Waals surface area contributed by atoms with Gasteiger partial charge in [0.05, 0.1) is 18.6 Å². The largest absolute Gasteiger partial charge is 0.462 e. The molecule has 1 aromatic heterocycles. The highest BCUT2D eigenvalue weighted by Gasteiger charge is 2.21. The van der Waals surface area contributed by atoms with Crippen molar-refractivity contribution in [2.45, 2.75) is 33.1 Å². The monoisotopic (exact) mass is 407 g/mol. The van der Waals surface area contributed by atoms with Gasteiger partial charge in [0.1, 0.15) is 10.8 Å². The fraction of sp³-hybridized carbons (Fsp3) is 0.350. The summed E-state index contributed by atoms with van der Waals surface area (Å²) in [6, 6.07) is 7.54. The summed E-state index contributed by atoms with van der Waals surface area (Å²) >= 11 is 1.27. The number of ether oxygens (including phenoxy) is 2. The first-order valence-corrected chi connectivity index (χ1v) is 9.63. The van der Waals surface area contributed by atoms with E-state index in [9.17, 15) is 18.8 Å². The van der Waals surface area contributed by atoms with E-state index in [1.807, 2.05) is 13.8 Å². The predicted octanol–water partition coefficient (Wildman–Crippen LogP) is 3.91. The standard InChI is InChI=1S/C20H22FNO5S/c1-4-26-20(25)14-10-16(12(2)3)28-19(14)22-17(23)11-27-18(24)9-13-7-5-6-8-15(13)21/h5-8,10,12H,4,9,11H2,1-3H3,(H,22,23). The first-order chi connectivity index (χ1) is 13.3. The van der Waals surface area contributed by atoms with Gasteiger partial charge in [-0.2, -0.15) is 0 Å². The van der Waals surface area contributed by atoms with E-state index in [1.54, 1.807) is 19.1 Å². The number of anilines is 1. The molecule has 1 N–H and O–H groups in total. The van der Waals surface area contributed by atoms with E-state index in [2.05, 4.69) is 5.32 Å². The molecule has 0 bridgehead atoms. The Labute approximate surface area is 166 Å². The maximum absolute atomic E-state index is 13.6. The third-order valence-electron chi connectivity index (χ3n) is 3.73. The molecular weight excluding hydrogens is 385 g/mol. The second kappa shape index (κ2) is 9.98. The lowest BCUT2D eigenvalue weighted by molar-refractivity contribution is -0.146. The molecule has 1 heterocycles. The molecule has 0 aliphatic carbocycles. The van der Waals surface area contributed by atoms with Crippen molar-refractivity contribution in [3.8, 4) is 0 Å². The molecule has 0 saturated heterocycles. The topological polar surface area (TPSA) is 81.7 Å². The van der Waals surface area contributed by atoms with Crippen molar-refractivity contribution in [3.05, 3.63) is 52.2 Å². The summed E-state index contributed by atoms with van der Waals surface area (Å²) < 4.78 is 23.5. The molecule has 0 aliphatic heterocycles. The van der Waals surface area contributed by atoms with E-state index < -0.39 is 30.3 Å². The highest BCUT2D eigenvalue weighted by molar-refractivity contribution is 7.16. The highest BCUT2D eigenvalue weighted by atomic mass is 32.1. The molecule has 2 rings (SSSR count). The molecular formula is C20H22FNO5S. The summed E-state index contributed by atoms with van der Waals surface area (Å²) in [6.45, 7) is 5.31. The maximum atomic E-state index is 13.6. The maximum Gasteiger partial charge on any atom is 0.341 e. The lowest BCUT2D eigenvalue weighted by Crippen LogP contribution is -2.22. The Kier molecular flexibility index (Phi) is 7.69. The SMILES string of the molecule is CCOC(=O)c1cc(C(C)C)sc1NC(=O)COC(=O)Cc1ccccc1F. The number of esters is 2. The minimum Gasteiger partial charge on any atom is -0.462 e. The van der Waals surface area contributed by atoms with E-state index >= 15 is 0 Å². The van der Waals surface area contributed by atoms with Gasteiger partial charge in [0.2, 0.25) is 0 Å². The molecule has 6 nitrogen and oxygen atoms in total. The predicted molar refractivity (Wildman–Crippen MR) is 104 cm³/mol. The van der Waals surface area contributed by atoms with Crippen molar-refractivity contribution in [2.75, 3.05) is 18.5 Å². The molecule has 2 aromatic rings. The Hall–Kier alpha value is -2.74. The van der Waals surface area contributed by atoms with Crippen molar-refractivity contribution in [1.29, 1.82) is 0 Å². The minimum atomic E-state index is -0.722. The fourth-order valence-corrected chi connectivity index (χ4v) is 3.37. The summed E-state index contributed by atoms with van der Waals surface area (Å²) in [7, 11) is 0. The number of carbonyl (C=O) groups is 3. The van der Waals surface area contributed by atoms with Gasteiger partial charge < -0.3 is 14.8 Å². The van der Waals surface area contributed by atoms with Crippen molar-refractivity contribution in [2.24, 2.45) is 0 Å². The van der Waals surface area contributed by atoms with Gasteiger partial charge in [0.25, 0.3) is 5.91 Å². The van der Waals surface area contributed by atoms with E-state index in [4.69, 9.17) is 9.47 Å². The smallest absolute Gasteiger partial charge is 0.341 e. The van der Waals surface area contributed by atoms with Crippen LogP contribution >= 0.6 is 11.3 Å². The number of amides is 1. The average Bonchev–Trinajstić information content (AvgIpc) is 3.06. The van der Waals surface area contributed by atoms with Crippen LogP contribution in [0, 0.1) is 5.82 Å². The molecule has 0 aliphatic rings. The quantitative estimate of drug-likeness (QED) is 0.671. The number of nitrogens with one attached hydrogen (secondary N) is 1. The molecule has 150 valence electrons. The average molecular weight is 407 g/mol. The van der Waals surface area contributed by atoms with Gasteiger partial charge in [-0.15, -0.1) is 11.3 Å². The van der Waals surface area contributed by atoms with Gasteiger partial charge in [0.15, 0.2) is 6.61 Å². The molecule has 0 saturated carbocycles. The molecule has 0 spiro atoms. The van der Waals surface area contributed by atoms with Crippen LogP contribution in [0.1, 0.15) is 47.5 Å². The van der Waals surface area contributed by atoms with Gasteiger partial charge in [0, 0.05) is 4.88 Å². The van der Waals surface area contributed by atoms with Crippen molar-refractivity contribution >= 4 is 34.2 Å². The van der Waals surface area contributed by atoms with Crippen molar-refractivity contribution in [1.82, 2.24) is 0 Å². The zero-order valence-corrected chi connectivity index (χ0v) is 16.7. The zero-order chi connectivity index (χ0) is 20.7. The third kappa shape index (κ3) is 5.88. The fourth-order valence-electron chi connectivity index (χ4n) is 2.30. The van der Waals surface area contributed by atoms with E-state index in [-0.39, 0.29) is 30.1 Å². The molecule has 28 heavy (non-hydrogen) atoms. The number of hydrogen-bond donors (Lipinski definition) is 1. The van der Waals surface area contributed by atoms with Crippen LogP contribution in [0.3, 0.4) is 0 Å². The zero-order valence-electron chi connectivity index (χ0n) is 15.9. The normalized spacial score (nSPS) is 10.6. The van der Waals surface area contributed by atoms with Gasteiger partial charge in [-0.1, -0.05) is 32.0 Å². The summed E-state index contributed by atoms with van der Waals surface area (Å²) in [5.41, 5.74) is 0.457. The Morgan fingerprint density at radius 2 is 1.89 bits per heavy atom. The summed E-state index contributed by atoms with van der Waals surface area (Å²) in [5, 5.41) is 2.93. The Balaban J connectivity index is 1.97. The Morgan fingerprint density at radius 1 is 1.18 bits per heavy atom. The third-order valence-corrected chi connectivity index (χ3v) is 5.08. The first-order valence-electron chi connectivity index (χ1n) is 8.81. The van der Waals surface area contributed by atoms with E-state index in [0.29, 0.717) is 5.00 Å². The number of halogens is 1. The van der Waals surface area contributed by atoms with Gasteiger partial charge in [-0.05, 0) is 30.5 Å². The molecule has 0 unspecified atom stereocenters. The number of hydrogen-bond acceptors (Lipinski definition) is 6. The first kappa shape index (κ1) is 21.6. The van der Waals surface area contributed by atoms with Crippen LogP contribution in [0.4, 0.5) is 9.39 Å². The van der Waals surface area contributed by atoms with Gasteiger partial charge in [-0.3, -0.25) is 9.59 Å². The van der Waals surface area contributed by atoms with Gasteiger partial charge in [-0.25, -0.2) is 9.18 Å². The number of rotatable bonds is 8. The Morgan fingerprint density at radius 3 is 2.54 bits per heavy atom. The summed E-state index contributed by atoms with van der Waals surface area (Å²) in [6.07, 6.45) is -0.273. The van der Waals surface area contributed by atoms with Crippen molar-refractivity contribution < 1.29 is 28.2 Å². The van der Waals surface area contributed by atoms with Crippen LogP contribution < -0.4 is 5.32 Å². The van der Waals surface area contributed by atoms with Crippen LogP contribution in [0.5, 0.6) is 0 Å². The second-order valence-corrected chi connectivity index (χ2v) is 7.33. The van der Waals surface area contributed by atoms with Gasteiger partial charge >= 0.3 is 11.9 Å². The molecule has 1 amide bonds. The molecule has 0 atom stereocenters. The second-order valence-electron chi connectivity index (χ2n) is 6.24. The molecule has 8 heteroatoms. The Bertz CT molecular complexity index is 862. The van der Waals surface area contributed by atoms with E-state index in [0.717, 1.165) is 4.88 Å². The number of benzene rings is 1. The van der Waals surface area contributed by atoms with E-state index in [1.165, 1.54) is 29.5 Å². The van der Waals surface area contributed by atoms with Crippen molar-refractivity contribution in [3.63, 3.8) is 0 Å². The lowest BCUT2D eigenvalue weighted by atomic mass is 10.1. The van der Waals surface area contributed by atoms with Crippen LogP contribution in [0.15, 0.2) is 30.3 Å². The molecule has 1 aromatic carbocycles. The number of thiophene rings is 1. The highest BCUT2D eigenvalue weighted by Crippen LogP contribution is 2.33. The van der Waals surface area contributed by atoms with Crippen LogP contribution in [0.25, 0.3) is 0 Å². The minimum absolute atomic E-state index is 0.169. The summed E-state index contributed by atoms with van der Waals surface area (Å²) in [4.78, 5) is 37.0. The summed E-state index contributed by atoms with van der Waals surface area (Å²) in [5.74, 6) is -2.19. The lowest BCUT2D eigenvalue weighted by Gasteiger charge is -2.07. The van der Waals surface area contributed by atoms with Crippen LogP contribution in [-0.4, -0.2) is 31.1 Å². The molecule has 0 fully saturated rings. The number of carbonyl (C=O) groups excluding carboxylic acids is 3. The van der Waals surface area contributed by atoms with Crippen LogP contribution in [0.2, 0.25) is 0 Å². The molecule has 0 radical (unpaired) electrons.